The van der Waals surface area contributed by atoms with Gasteiger partial charge in [-0.05, 0) is 42.7 Å². The third-order valence-electron chi connectivity index (χ3n) is 5.72. The molecular weight excluding hydrogens is 413 g/mol. The van der Waals surface area contributed by atoms with Gasteiger partial charge in [0.25, 0.3) is 5.69 Å². The number of halogens is 1. The van der Waals surface area contributed by atoms with Crippen LogP contribution in [0.3, 0.4) is 0 Å². The number of anilines is 1. The number of rotatable bonds is 5. The fraction of sp³-hybridized carbons (Fsp3) is 0.400. The molecule has 2 aliphatic heterocycles. The highest BCUT2D eigenvalue weighted by atomic mass is 32.2. The summed E-state index contributed by atoms with van der Waals surface area (Å²) >= 11 is 0. The minimum absolute atomic E-state index is 0.0810. The Balaban J connectivity index is 1.59. The number of hydrogen-bond acceptors (Lipinski definition) is 6. The monoisotopic (exact) mass is 435 g/mol. The molecule has 4 rings (SSSR count). The molecule has 10 heteroatoms. The number of β-amino-alcohol motifs (C(OH)–C–C–N with tert-alkyl or cyclic N) is 1. The van der Waals surface area contributed by atoms with Crippen LogP contribution in [0.4, 0.5) is 15.8 Å². The maximum Gasteiger partial charge on any atom is 0.293 e. The average molecular weight is 435 g/mol. The van der Waals surface area contributed by atoms with E-state index in [0.717, 1.165) is 25.3 Å². The molecule has 2 aromatic rings. The van der Waals surface area contributed by atoms with E-state index in [0.29, 0.717) is 18.7 Å². The summed E-state index contributed by atoms with van der Waals surface area (Å²) in [4.78, 5) is 12.6. The number of hydrogen-bond donors (Lipinski definition) is 1. The lowest BCUT2D eigenvalue weighted by Gasteiger charge is -2.47. The Labute approximate surface area is 173 Å². The summed E-state index contributed by atoms with van der Waals surface area (Å²) in [5, 5.41) is 22.4. The zero-order valence-corrected chi connectivity index (χ0v) is 17.0. The predicted octanol–water partition coefficient (Wildman–Crippen LogP) is 2.62. The van der Waals surface area contributed by atoms with Gasteiger partial charge in [0.15, 0.2) is 0 Å². The Hall–Kier alpha value is -2.56. The van der Waals surface area contributed by atoms with E-state index in [-0.39, 0.29) is 29.4 Å². The molecule has 0 saturated carbocycles. The molecular formula is C20H22FN3O5S. The van der Waals surface area contributed by atoms with Crippen molar-refractivity contribution in [2.45, 2.75) is 29.8 Å². The Morgan fingerprint density at radius 1 is 1.03 bits per heavy atom. The number of nitro groups is 1. The molecule has 2 heterocycles. The fourth-order valence-corrected chi connectivity index (χ4v) is 5.57. The summed E-state index contributed by atoms with van der Waals surface area (Å²) in [7, 11) is -3.79. The SMILES string of the molecule is O=[N+]([O-])c1cc(S(=O)(=O)N2CCCCC2)ccc1N1CC(O)(c2ccc(F)cc2)C1. The molecule has 0 atom stereocenters. The summed E-state index contributed by atoms with van der Waals surface area (Å²) in [6, 6.07) is 9.34. The van der Waals surface area contributed by atoms with Crippen molar-refractivity contribution in [3.8, 4) is 0 Å². The Morgan fingerprint density at radius 2 is 1.67 bits per heavy atom. The number of benzene rings is 2. The Bertz CT molecular complexity index is 1060. The summed E-state index contributed by atoms with van der Waals surface area (Å²) < 4.78 is 40.2. The van der Waals surface area contributed by atoms with E-state index in [9.17, 15) is 28.0 Å². The Kier molecular flexibility index (Phi) is 5.25. The molecule has 0 aliphatic carbocycles. The van der Waals surface area contributed by atoms with Crippen LogP contribution in [0.2, 0.25) is 0 Å². The first kappa shape index (κ1) is 20.7. The van der Waals surface area contributed by atoms with Crippen molar-refractivity contribution in [2.24, 2.45) is 0 Å². The van der Waals surface area contributed by atoms with E-state index in [1.807, 2.05) is 0 Å². The number of sulfonamides is 1. The molecule has 0 spiro atoms. The third-order valence-corrected chi connectivity index (χ3v) is 7.62. The van der Waals surface area contributed by atoms with Gasteiger partial charge in [-0.25, -0.2) is 12.8 Å². The van der Waals surface area contributed by atoms with E-state index in [4.69, 9.17) is 0 Å². The molecule has 2 aliphatic rings. The zero-order valence-electron chi connectivity index (χ0n) is 16.2. The highest BCUT2D eigenvalue weighted by Crippen LogP contribution is 2.40. The van der Waals surface area contributed by atoms with Crippen LogP contribution in [0.1, 0.15) is 24.8 Å². The third kappa shape index (κ3) is 3.66. The standard InChI is InChI=1S/C20H22FN3O5S/c21-16-6-4-15(5-7-16)20(25)13-22(14-20)18-9-8-17(12-19(18)24(26)27)30(28,29)23-10-2-1-3-11-23/h4-9,12,25H,1-3,10-11,13-14H2. The van der Waals surface area contributed by atoms with E-state index >= 15 is 0 Å². The minimum atomic E-state index is -3.79. The lowest BCUT2D eigenvalue weighted by Crippen LogP contribution is -2.59. The molecule has 1 N–H and O–H groups in total. The van der Waals surface area contributed by atoms with Crippen molar-refractivity contribution >= 4 is 21.4 Å². The van der Waals surface area contributed by atoms with E-state index in [1.54, 1.807) is 4.90 Å². The minimum Gasteiger partial charge on any atom is -0.381 e. The Morgan fingerprint density at radius 3 is 2.27 bits per heavy atom. The highest BCUT2D eigenvalue weighted by molar-refractivity contribution is 7.89. The van der Waals surface area contributed by atoms with Crippen molar-refractivity contribution in [1.82, 2.24) is 4.31 Å². The maximum atomic E-state index is 13.1. The van der Waals surface area contributed by atoms with Gasteiger partial charge in [-0.15, -0.1) is 0 Å². The molecule has 0 radical (unpaired) electrons. The zero-order chi connectivity index (χ0) is 21.5. The van der Waals surface area contributed by atoms with Crippen molar-refractivity contribution < 1.29 is 22.8 Å². The number of nitrogens with zero attached hydrogens (tertiary/aromatic N) is 3. The molecule has 8 nitrogen and oxygen atoms in total. The van der Waals surface area contributed by atoms with Crippen molar-refractivity contribution in [1.29, 1.82) is 0 Å². The van der Waals surface area contributed by atoms with E-state index < -0.39 is 26.4 Å². The molecule has 0 aromatic heterocycles. The van der Waals surface area contributed by atoms with Crippen LogP contribution in [-0.2, 0) is 15.6 Å². The van der Waals surface area contributed by atoms with Gasteiger partial charge in [-0.2, -0.15) is 4.31 Å². The average Bonchev–Trinajstić information content (AvgIpc) is 2.72. The summed E-state index contributed by atoms with van der Waals surface area (Å²) in [5.41, 5.74) is -0.814. The highest BCUT2D eigenvalue weighted by Gasteiger charge is 2.45. The quantitative estimate of drug-likeness (QED) is 0.572. The second-order valence-corrected chi connectivity index (χ2v) is 9.70. The van der Waals surface area contributed by atoms with Crippen LogP contribution in [0.5, 0.6) is 0 Å². The molecule has 30 heavy (non-hydrogen) atoms. The predicted molar refractivity (Wildman–Crippen MR) is 108 cm³/mol. The maximum absolute atomic E-state index is 13.1. The smallest absolute Gasteiger partial charge is 0.293 e. The first-order valence-electron chi connectivity index (χ1n) is 9.73. The van der Waals surface area contributed by atoms with Crippen LogP contribution in [-0.4, -0.2) is 48.9 Å². The lowest BCUT2D eigenvalue weighted by atomic mass is 9.85. The molecule has 2 saturated heterocycles. The largest absolute Gasteiger partial charge is 0.381 e. The first-order valence-corrected chi connectivity index (χ1v) is 11.2. The van der Waals surface area contributed by atoms with Crippen molar-refractivity contribution in [3.63, 3.8) is 0 Å². The molecule has 160 valence electrons. The number of aliphatic hydroxyl groups is 1. The fourth-order valence-electron chi connectivity index (χ4n) is 4.03. The van der Waals surface area contributed by atoms with Crippen molar-refractivity contribution in [2.75, 3.05) is 31.1 Å². The molecule has 0 bridgehead atoms. The van der Waals surface area contributed by atoms with Crippen LogP contribution in [0, 0.1) is 15.9 Å². The van der Waals surface area contributed by atoms with Crippen LogP contribution in [0.25, 0.3) is 0 Å². The van der Waals surface area contributed by atoms with Gasteiger partial charge in [0, 0.05) is 19.2 Å². The van der Waals surface area contributed by atoms with Gasteiger partial charge in [-0.3, -0.25) is 10.1 Å². The molecule has 0 amide bonds. The van der Waals surface area contributed by atoms with Gasteiger partial charge < -0.3 is 10.0 Å². The summed E-state index contributed by atoms with van der Waals surface area (Å²) in [6.07, 6.45) is 2.52. The van der Waals surface area contributed by atoms with E-state index in [1.165, 1.54) is 40.7 Å². The number of nitro benzene ring substituents is 1. The van der Waals surface area contributed by atoms with Crippen LogP contribution >= 0.6 is 0 Å². The molecule has 2 fully saturated rings. The normalized spacial score (nSPS) is 19.3. The van der Waals surface area contributed by atoms with Gasteiger partial charge in [-0.1, -0.05) is 18.6 Å². The van der Waals surface area contributed by atoms with E-state index in [2.05, 4.69) is 0 Å². The second kappa shape index (κ2) is 7.60. The number of piperidine rings is 1. The first-order chi connectivity index (χ1) is 14.2. The van der Waals surface area contributed by atoms with Crippen LogP contribution in [0.15, 0.2) is 47.4 Å². The van der Waals surface area contributed by atoms with Gasteiger partial charge in [0.2, 0.25) is 10.0 Å². The van der Waals surface area contributed by atoms with Gasteiger partial charge in [0.1, 0.15) is 17.1 Å². The lowest BCUT2D eigenvalue weighted by molar-refractivity contribution is -0.384. The topological polar surface area (TPSA) is 104 Å². The summed E-state index contributed by atoms with van der Waals surface area (Å²) in [6.45, 7) is 0.985. The second-order valence-electron chi connectivity index (χ2n) is 7.77. The van der Waals surface area contributed by atoms with Crippen molar-refractivity contribution in [3.05, 3.63) is 64.0 Å². The van der Waals surface area contributed by atoms with Gasteiger partial charge >= 0.3 is 0 Å². The molecule has 0 unspecified atom stereocenters. The molecule has 2 aromatic carbocycles. The van der Waals surface area contributed by atoms with Gasteiger partial charge in [0.05, 0.1) is 22.9 Å². The summed E-state index contributed by atoms with van der Waals surface area (Å²) in [5.74, 6) is -0.417. The van der Waals surface area contributed by atoms with Crippen LogP contribution < -0.4 is 4.90 Å².